The summed E-state index contributed by atoms with van der Waals surface area (Å²) in [6, 6.07) is -0.000417. The molecule has 1 heterocycles. The molecule has 0 saturated carbocycles. The molecule has 0 spiro atoms. The number of aromatic nitrogens is 2. The van der Waals surface area contributed by atoms with E-state index in [9.17, 15) is 4.79 Å². The van der Waals surface area contributed by atoms with Gasteiger partial charge >= 0.3 is 0 Å². The maximum atomic E-state index is 11.3. The molecule has 1 atom stereocenters. The first-order chi connectivity index (χ1) is 7.06. The number of carbonyl (C=O) groups excluding carboxylic acids is 1. The van der Waals surface area contributed by atoms with E-state index in [2.05, 4.69) is 15.7 Å². The lowest BCUT2D eigenvalue weighted by atomic mass is 10.1. The minimum Gasteiger partial charge on any atom is -0.348 e. The summed E-state index contributed by atoms with van der Waals surface area (Å²) in [5.41, 5.74) is 2.13. The lowest BCUT2D eigenvalue weighted by Crippen LogP contribution is -2.34. The van der Waals surface area contributed by atoms with Gasteiger partial charge in [0.05, 0.1) is 18.8 Å². The van der Waals surface area contributed by atoms with Gasteiger partial charge in [0, 0.05) is 18.3 Å². The van der Waals surface area contributed by atoms with Crippen LogP contribution in [0.25, 0.3) is 0 Å². The number of carbonyl (C=O) groups is 1. The SMILES string of the molecule is CNCC(=O)NC(C)c1cnn(C)c1C.Cl. The van der Waals surface area contributed by atoms with E-state index in [-0.39, 0.29) is 24.4 Å². The van der Waals surface area contributed by atoms with Crippen LogP contribution in [-0.4, -0.2) is 29.3 Å². The minimum atomic E-state index is -0.00625. The smallest absolute Gasteiger partial charge is 0.234 e. The molecule has 0 aliphatic carbocycles. The standard InChI is InChI=1S/C10H18N4O.ClH/c1-7(13-10(15)6-11-3)9-5-12-14(4)8(9)2;/h5,7,11H,6H2,1-4H3,(H,13,15);1H. The molecule has 0 fully saturated rings. The molecule has 0 aliphatic heterocycles. The third kappa shape index (κ3) is 3.50. The maximum absolute atomic E-state index is 11.3. The predicted molar refractivity (Wildman–Crippen MR) is 65.7 cm³/mol. The van der Waals surface area contributed by atoms with Gasteiger partial charge in [0.15, 0.2) is 0 Å². The lowest BCUT2D eigenvalue weighted by Gasteiger charge is -2.13. The van der Waals surface area contributed by atoms with Gasteiger partial charge in [-0.1, -0.05) is 0 Å². The summed E-state index contributed by atoms with van der Waals surface area (Å²) in [4.78, 5) is 11.3. The van der Waals surface area contributed by atoms with Crippen molar-refractivity contribution in [1.29, 1.82) is 0 Å². The molecule has 1 amide bonds. The van der Waals surface area contributed by atoms with Crippen molar-refractivity contribution in [3.8, 4) is 0 Å². The van der Waals surface area contributed by atoms with Gasteiger partial charge in [-0.2, -0.15) is 5.10 Å². The zero-order chi connectivity index (χ0) is 11.4. The number of nitrogens with zero attached hydrogens (tertiary/aromatic N) is 2. The molecule has 0 aliphatic rings. The Kier molecular flexibility index (Phi) is 6.06. The highest BCUT2D eigenvalue weighted by Crippen LogP contribution is 2.15. The van der Waals surface area contributed by atoms with Gasteiger partial charge in [0.2, 0.25) is 5.91 Å². The first kappa shape index (κ1) is 14.9. The first-order valence-electron chi connectivity index (χ1n) is 4.98. The van der Waals surface area contributed by atoms with Gasteiger partial charge in [0.25, 0.3) is 0 Å². The van der Waals surface area contributed by atoms with E-state index in [1.807, 2.05) is 20.9 Å². The van der Waals surface area contributed by atoms with Gasteiger partial charge in [0.1, 0.15) is 0 Å². The van der Waals surface area contributed by atoms with Crippen molar-refractivity contribution in [2.24, 2.45) is 7.05 Å². The highest BCUT2D eigenvalue weighted by atomic mass is 35.5. The average molecular weight is 247 g/mol. The number of rotatable bonds is 4. The molecule has 16 heavy (non-hydrogen) atoms. The normalized spacial score (nSPS) is 11.8. The van der Waals surface area contributed by atoms with Gasteiger partial charge in [-0.15, -0.1) is 12.4 Å². The summed E-state index contributed by atoms with van der Waals surface area (Å²) in [6.07, 6.45) is 1.79. The summed E-state index contributed by atoms with van der Waals surface area (Å²) in [6.45, 7) is 4.28. The van der Waals surface area contributed by atoms with E-state index in [4.69, 9.17) is 0 Å². The maximum Gasteiger partial charge on any atom is 0.234 e. The van der Waals surface area contributed by atoms with Crippen LogP contribution in [0.2, 0.25) is 0 Å². The van der Waals surface area contributed by atoms with Crippen molar-refractivity contribution in [2.45, 2.75) is 19.9 Å². The number of nitrogens with one attached hydrogen (secondary N) is 2. The zero-order valence-corrected chi connectivity index (χ0v) is 10.9. The summed E-state index contributed by atoms with van der Waals surface area (Å²) >= 11 is 0. The molecule has 0 radical (unpaired) electrons. The van der Waals surface area contributed by atoms with Gasteiger partial charge in [-0.05, 0) is 20.9 Å². The largest absolute Gasteiger partial charge is 0.348 e. The van der Waals surface area contributed by atoms with E-state index in [0.29, 0.717) is 6.54 Å². The van der Waals surface area contributed by atoms with Crippen LogP contribution in [0.3, 0.4) is 0 Å². The molecule has 1 aromatic heterocycles. The molecule has 92 valence electrons. The molecule has 1 rings (SSSR count). The fraction of sp³-hybridized carbons (Fsp3) is 0.600. The Bertz CT molecular complexity index is 351. The number of aryl methyl sites for hydroxylation is 1. The number of hydrogen-bond donors (Lipinski definition) is 2. The Morgan fingerprint density at radius 2 is 2.25 bits per heavy atom. The minimum absolute atomic E-state index is 0. The molecule has 0 aromatic carbocycles. The van der Waals surface area contributed by atoms with Crippen molar-refractivity contribution in [3.05, 3.63) is 17.5 Å². The van der Waals surface area contributed by atoms with E-state index in [0.717, 1.165) is 11.3 Å². The summed E-state index contributed by atoms with van der Waals surface area (Å²) in [5, 5.41) is 9.85. The van der Waals surface area contributed by atoms with E-state index >= 15 is 0 Å². The van der Waals surface area contributed by atoms with Crippen LogP contribution in [0.15, 0.2) is 6.20 Å². The van der Waals surface area contributed by atoms with E-state index < -0.39 is 0 Å². The summed E-state index contributed by atoms with van der Waals surface area (Å²) in [5.74, 6) is -0.00625. The Morgan fingerprint density at radius 1 is 1.62 bits per heavy atom. The van der Waals surface area contributed by atoms with E-state index in [1.54, 1.807) is 17.9 Å². The summed E-state index contributed by atoms with van der Waals surface area (Å²) < 4.78 is 1.80. The Balaban J connectivity index is 0.00000225. The number of amides is 1. The fourth-order valence-corrected chi connectivity index (χ4v) is 1.47. The molecular formula is C10H19ClN4O. The Hall–Kier alpha value is -1.07. The summed E-state index contributed by atoms with van der Waals surface area (Å²) in [7, 11) is 3.64. The van der Waals surface area contributed by atoms with Crippen molar-refractivity contribution < 1.29 is 4.79 Å². The number of hydrogen-bond acceptors (Lipinski definition) is 3. The van der Waals surface area contributed by atoms with Crippen molar-refractivity contribution >= 4 is 18.3 Å². The molecule has 5 nitrogen and oxygen atoms in total. The molecule has 6 heteroatoms. The number of halogens is 1. The van der Waals surface area contributed by atoms with Crippen LogP contribution in [0.5, 0.6) is 0 Å². The highest BCUT2D eigenvalue weighted by molar-refractivity contribution is 5.85. The average Bonchev–Trinajstić information content (AvgIpc) is 2.48. The number of likely N-dealkylation sites (N-methyl/N-ethyl adjacent to an activating group) is 1. The van der Waals surface area contributed by atoms with Crippen LogP contribution in [-0.2, 0) is 11.8 Å². The molecule has 1 unspecified atom stereocenters. The second-order valence-corrected chi connectivity index (χ2v) is 3.63. The quantitative estimate of drug-likeness (QED) is 0.816. The van der Waals surface area contributed by atoms with E-state index in [1.165, 1.54) is 0 Å². The first-order valence-corrected chi connectivity index (χ1v) is 4.98. The van der Waals surface area contributed by atoms with Crippen LogP contribution in [0.4, 0.5) is 0 Å². The molecular weight excluding hydrogens is 228 g/mol. The van der Waals surface area contributed by atoms with Crippen LogP contribution < -0.4 is 10.6 Å². The molecule has 0 bridgehead atoms. The van der Waals surface area contributed by atoms with Crippen molar-refractivity contribution in [3.63, 3.8) is 0 Å². The third-order valence-electron chi connectivity index (χ3n) is 2.45. The van der Waals surface area contributed by atoms with Crippen molar-refractivity contribution in [2.75, 3.05) is 13.6 Å². The van der Waals surface area contributed by atoms with Gasteiger partial charge in [-0.3, -0.25) is 9.48 Å². The monoisotopic (exact) mass is 246 g/mol. The Morgan fingerprint density at radius 3 is 2.69 bits per heavy atom. The van der Waals surface area contributed by atoms with Crippen LogP contribution in [0.1, 0.15) is 24.2 Å². The molecule has 2 N–H and O–H groups in total. The third-order valence-corrected chi connectivity index (χ3v) is 2.45. The van der Waals surface area contributed by atoms with Crippen LogP contribution >= 0.6 is 12.4 Å². The van der Waals surface area contributed by atoms with Gasteiger partial charge < -0.3 is 10.6 Å². The fourth-order valence-electron chi connectivity index (χ4n) is 1.47. The topological polar surface area (TPSA) is 59.0 Å². The zero-order valence-electron chi connectivity index (χ0n) is 10.1. The predicted octanol–water partition coefficient (Wildman–Crippen LogP) is 0.547. The highest BCUT2D eigenvalue weighted by Gasteiger charge is 2.13. The Labute approximate surface area is 102 Å². The van der Waals surface area contributed by atoms with Gasteiger partial charge in [-0.25, -0.2) is 0 Å². The second-order valence-electron chi connectivity index (χ2n) is 3.63. The second kappa shape index (κ2) is 6.50. The van der Waals surface area contributed by atoms with Crippen LogP contribution in [0, 0.1) is 6.92 Å². The lowest BCUT2D eigenvalue weighted by molar-refractivity contribution is -0.120. The molecule has 1 aromatic rings. The van der Waals surface area contributed by atoms with Crippen molar-refractivity contribution in [1.82, 2.24) is 20.4 Å². The molecule has 0 saturated heterocycles.